The van der Waals surface area contributed by atoms with Crippen LogP contribution in [0.3, 0.4) is 0 Å². The predicted molar refractivity (Wildman–Crippen MR) is 147 cm³/mol. The summed E-state index contributed by atoms with van der Waals surface area (Å²) in [5.74, 6) is 1.71. The number of nitrogens with one attached hydrogen (secondary N) is 2. The summed E-state index contributed by atoms with van der Waals surface area (Å²) in [5.41, 5.74) is 1.87. The van der Waals surface area contributed by atoms with Gasteiger partial charge in [0.2, 0.25) is 17.7 Å². The number of amides is 2. The molecule has 2 aromatic heterocycles. The largest absolute Gasteiger partial charge is 0.473 e. The molecule has 4 aromatic rings. The van der Waals surface area contributed by atoms with Gasteiger partial charge < -0.3 is 20.3 Å². The van der Waals surface area contributed by atoms with Gasteiger partial charge in [0, 0.05) is 32.0 Å². The Bertz CT molecular complexity index is 1360. The van der Waals surface area contributed by atoms with Crippen molar-refractivity contribution < 1.29 is 14.3 Å². The van der Waals surface area contributed by atoms with E-state index in [0.717, 1.165) is 42.9 Å². The van der Waals surface area contributed by atoms with Crippen molar-refractivity contribution in [3.05, 3.63) is 96.1 Å². The SMILES string of the molecule is O=C(Cc1ccccc1)Nc1ccc(OC2CCN(c3ccc(NC(=O)Cc4ccccc4)nn3)CC2)nn1. The van der Waals surface area contributed by atoms with Gasteiger partial charge in [-0.1, -0.05) is 60.7 Å². The minimum atomic E-state index is -0.151. The van der Waals surface area contributed by atoms with Crippen LogP contribution < -0.4 is 20.3 Å². The number of hydrogen-bond acceptors (Lipinski definition) is 8. The zero-order chi connectivity index (χ0) is 26.9. The maximum atomic E-state index is 12.3. The van der Waals surface area contributed by atoms with E-state index in [4.69, 9.17) is 4.74 Å². The van der Waals surface area contributed by atoms with Gasteiger partial charge in [-0.15, -0.1) is 20.4 Å². The summed E-state index contributed by atoms with van der Waals surface area (Å²) >= 11 is 0. The molecule has 0 aliphatic carbocycles. The first-order valence-corrected chi connectivity index (χ1v) is 12.9. The molecule has 1 saturated heterocycles. The van der Waals surface area contributed by atoms with Gasteiger partial charge in [0.15, 0.2) is 17.5 Å². The second kappa shape index (κ2) is 12.6. The third-order valence-corrected chi connectivity index (χ3v) is 6.29. The van der Waals surface area contributed by atoms with Crippen LogP contribution in [0, 0.1) is 0 Å². The quantitative estimate of drug-likeness (QED) is 0.341. The van der Waals surface area contributed by atoms with Gasteiger partial charge in [-0.3, -0.25) is 9.59 Å². The Hall–Kier alpha value is -4.86. The second-order valence-corrected chi connectivity index (χ2v) is 9.26. The van der Waals surface area contributed by atoms with Crippen molar-refractivity contribution in [2.24, 2.45) is 0 Å². The molecule has 0 radical (unpaired) electrons. The fourth-order valence-electron chi connectivity index (χ4n) is 4.32. The van der Waals surface area contributed by atoms with Crippen molar-refractivity contribution in [2.75, 3.05) is 28.6 Å². The Labute approximate surface area is 226 Å². The predicted octanol–water partition coefficient (Wildman–Crippen LogP) is 3.68. The van der Waals surface area contributed by atoms with Crippen LogP contribution in [0.5, 0.6) is 5.88 Å². The summed E-state index contributed by atoms with van der Waals surface area (Å²) in [6.07, 6.45) is 2.13. The smallest absolute Gasteiger partial charge is 0.233 e. The number of rotatable bonds is 9. The number of aromatic nitrogens is 4. The fraction of sp³-hybridized carbons (Fsp3) is 0.241. The molecule has 0 atom stereocenters. The summed E-state index contributed by atoms with van der Waals surface area (Å²) in [7, 11) is 0. The number of hydrogen-bond donors (Lipinski definition) is 2. The first-order chi connectivity index (χ1) is 19.1. The Balaban J connectivity index is 1.05. The van der Waals surface area contributed by atoms with Crippen molar-refractivity contribution in [3.8, 4) is 5.88 Å². The lowest BCUT2D eigenvalue weighted by molar-refractivity contribution is -0.116. The number of ether oxygens (including phenoxy) is 1. The molecule has 5 rings (SSSR count). The Morgan fingerprint density at radius 2 is 1.23 bits per heavy atom. The molecule has 2 N–H and O–H groups in total. The summed E-state index contributed by atoms with van der Waals surface area (Å²) in [5, 5.41) is 22.2. The van der Waals surface area contributed by atoms with E-state index in [0.29, 0.717) is 17.5 Å². The second-order valence-electron chi connectivity index (χ2n) is 9.26. The van der Waals surface area contributed by atoms with Gasteiger partial charge in [-0.05, 0) is 29.3 Å². The summed E-state index contributed by atoms with van der Waals surface area (Å²) in [4.78, 5) is 26.6. The molecule has 10 nitrogen and oxygen atoms in total. The van der Waals surface area contributed by atoms with E-state index in [-0.39, 0.29) is 30.8 Å². The molecule has 0 saturated carbocycles. The van der Waals surface area contributed by atoms with Crippen LogP contribution in [0.4, 0.5) is 17.5 Å². The molecule has 0 unspecified atom stereocenters. The van der Waals surface area contributed by atoms with E-state index in [9.17, 15) is 9.59 Å². The van der Waals surface area contributed by atoms with E-state index in [1.54, 1.807) is 18.2 Å². The third kappa shape index (κ3) is 7.57. The van der Waals surface area contributed by atoms with Gasteiger partial charge in [0.1, 0.15) is 6.10 Å². The molecule has 0 spiro atoms. The lowest BCUT2D eigenvalue weighted by Crippen LogP contribution is -2.39. The van der Waals surface area contributed by atoms with Gasteiger partial charge in [0.25, 0.3) is 0 Å². The van der Waals surface area contributed by atoms with Gasteiger partial charge >= 0.3 is 0 Å². The highest BCUT2D eigenvalue weighted by molar-refractivity contribution is 5.91. The first kappa shape index (κ1) is 25.8. The molecular formula is C29H29N7O3. The Morgan fingerprint density at radius 3 is 1.72 bits per heavy atom. The maximum absolute atomic E-state index is 12.3. The van der Waals surface area contributed by atoms with Gasteiger partial charge in [-0.2, -0.15) is 0 Å². The standard InChI is InChI=1S/C29H29N7O3/c37-27(19-21-7-3-1-4-8-21)30-24-11-13-26(34-32-24)36-17-15-23(16-18-36)39-29-14-12-25(33-35-29)31-28(38)20-22-9-5-2-6-10-22/h1-14,23H,15-20H2,(H,30,32,37)(H,31,33,38). The van der Waals surface area contributed by atoms with Crippen LogP contribution in [-0.2, 0) is 22.4 Å². The van der Waals surface area contributed by atoms with E-state index in [1.807, 2.05) is 66.7 Å². The number of carbonyl (C=O) groups excluding carboxylic acids is 2. The highest BCUT2D eigenvalue weighted by Gasteiger charge is 2.22. The van der Waals surface area contributed by atoms with E-state index in [1.165, 1.54) is 0 Å². The van der Waals surface area contributed by atoms with E-state index >= 15 is 0 Å². The van der Waals surface area contributed by atoms with Crippen molar-refractivity contribution in [3.63, 3.8) is 0 Å². The fourth-order valence-corrected chi connectivity index (χ4v) is 4.32. The number of carbonyl (C=O) groups is 2. The molecule has 0 bridgehead atoms. The van der Waals surface area contributed by atoms with Crippen LogP contribution in [-0.4, -0.2) is 51.4 Å². The highest BCUT2D eigenvalue weighted by atomic mass is 16.5. The molecule has 1 aliphatic heterocycles. The topological polar surface area (TPSA) is 122 Å². The van der Waals surface area contributed by atoms with E-state index in [2.05, 4.69) is 35.9 Å². The molecule has 1 aliphatic rings. The summed E-state index contributed by atoms with van der Waals surface area (Å²) in [6.45, 7) is 1.50. The Morgan fingerprint density at radius 1 is 0.692 bits per heavy atom. The zero-order valence-electron chi connectivity index (χ0n) is 21.4. The Kier molecular flexibility index (Phi) is 8.32. The minimum absolute atomic E-state index is 0.00132. The first-order valence-electron chi connectivity index (χ1n) is 12.9. The van der Waals surface area contributed by atoms with Crippen LogP contribution in [0.15, 0.2) is 84.9 Å². The van der Waals surface area contributed by atoms with Crippen LogP contribution in [0.1, 0.15) is 24.0 Å². The number of piperidine rings is 1. The highest BCUT2D eigenvalue weighted by Crippen LogP contribution is 2.21. The molecule has 39 heavy (non-hydrogen) atoms. The average Bonchev–Trinajstić information content (AvgIpc) is 2.96. The molecule has 2 aromatic carbocycles. The van der Waals surface area contributed by atoms with E-state index < -0.39 is 0 Å². The number of anilines is 3. The monoisotopic (exact) mass is 523 g/mol. The van der Waals surface area contributed by atoms with Crippen molar-refractivity contribution in [1.29, 1.82) is 0 Å². The average molecular weight is 524 g/mol. The van der Waals surface area contributed by atoms with Crippen molar-refractivity contribution in [2.45, 2.75) is 31.8 Å². The zero-order valence-corrected chi connectivity index (χ0v) is 21.4. The third-order valence-electron chi connectivity index (χ3n) is 6.29. The minimum Gasteiger partial charge on any atom is -0.473 e. The summed E-state index contributed by atoms with van der Waals surface area (Å²) < 4.78 is 6.01. The lowest BCUT2D eigenvalue weighted by atomic mass is 10.1. The lowest BCUT2D eigenvalue weighted by Gasteiger charge is -2.32. The van der Waals surface area contributed by atoms with Crippen molar-refractivity contribution >= 4 is 29.3 Å². The summed E-state index contributed by atoms with van der Waals surface area (Å²) in [6, 6.07) is 26.1. The van der Waals surface area contributed by atoms with Crippen LogP contribution >= 0.6 is 0 Å². The van der Waals surface area contributed by atoms with Gasteiger partial charge in [-0.25, -0.2) is 0 Å². The van der Waals surface area contributed by atoms with Crippen molar-refractivity contribution in [1.82, 2.24) is 20.4 Å². The molecule has 198 valence electrons. The van der Waals surface area contributed by atoms with Crippen LogP contribution in [0.2, 0.25) is 0 Å². The molecule has 3 heterocycles. The molecule has 2 amide bonds. The molecular weight excluding hydrogens is 494 g/mol. The van der Waals surface area contributed by atoms with Crippen LogP contribution in [0.25, 0.3) is 0 Å². The normalized spacial score (nSPS) is 13.5. The maximum Gasteiger partial charge on any atom is 0.233 e. The molecule has 10 heteroatoms. The molecule has 1 fully saturated rings. The number of nitrogens with zero attached hydrogens (tertiary/aromatic N) is 5. The van der Waals surface area contributed by atoms with Gasteiger partial charge in [0.05, 0.1) is 12.8 Å². The number of benzene rings is 2.